The third-order valence-corrected chi connectivity index (χ3v) is 1.40. The summed E-state index contributed by atoms with van der Waals surface area (Å²) in [6, 6.07) is 5.76. The van der Waals surface area contributed by atoms with Crippen LogP contribution in [0.4, 0.5) is 4.39 Å². The Kier molecular flexibility index (Phi) is 2.54. The first-order valence-electron chi connectivity index (χ1n) is 3.38. The highest BCUT2D eigenvalue weighted by Gasteiger charge is 1.98. The van der Waals surface area contributed by atoms with Gasteiger partial charge >= 0.3 is 0 Å². The summed E-state index contributed by atoms with van der Waals surface area (Å²) in [6.07, 6.45) is 0.683. The lowest BCUT2D eigenvalue weighted by molar-refractivity contribution is 0.112. The van der Waals surface area contributed by atoms with E-state index < -0.39 is 5.82 Å². The Morgan fingerprint density at radius 1 is 1.50 bits per heavy atom. The molecule has 0 aliphatic carbocycles. The Morgan fingerprint density at radius 2 is 2.25 bits per heavy atom. The van der Waals surface area contributed by atoms with Crippen LogP contribution in [0.3, 0.4) is 0 Å². The first kappa shape index (κ1) is 8.41. The summed E-state index contributed by atoms with van der Waals surface area (Å²) >= 11 is 0. The molecule has 1 aromatic carbocycles. The number of halogens is 1. The molecule has 0 atom stereocenters. The van der Waals surface area contributed by atoms with Crippen LogP contribution in [0.15, 0.2) is 18.2 Å². The smallest absolute Gasteiger partial charge is 0.150 e. The lowest BCUT2D eigenvalue weighted by Gasteiger charge is -1.96. The van der Waals surface area contributed by atoms with Crippen LogP contribution in [0, 0.1) is 17.1 Å². The standard InChI is InChI=1S/C9H6FNO/c10-9-4-7(1-2-11)3-8(5-9)6-12/h3-6H,1H2. The maximum Gasteiger partial charge on any atom is 0.150 e. The molecule has 3 heteroatoms. The molecule has 0 N–H and O–H groups in total. The fourth-order valence-corrected chi connectivity index (χ4v) is 0.937. The van der Waals surface area contributed by atoms with Gasteiger partial charge in [0, 0.05) is 5.56 Å². The van der Waals surface area contributed by atoms with E-state index in [-0.39, 0.29) is 12.0 Å². The van der Waals surface area contributed by atoms with Crippen LogP contribution >= 0.6 is 0 Å². The van der Waals surface area contributed by atoms with Crippen molar-refractivity contribution < 1.29 is 9.18 Å². The van der Waals surface area contributed by atoms with Gasteiger partial charge in [-0.1, -0.05) is 0 Å². The number of benzene rings is 1. The van der Waals surface area contributed by atoms with Gasteiger partial charge in [0.15, 0.2) is 0 Å². The fourth-order valence-electron chi connectivity index (χ4n) is 0.937. The Hall–Kier alpha value is -1.69. The number of nitrogens with zero attached hydrogens (tertiary/aromatic N) is 1. The molecule has 1 aromatic rings. The average Bonchev–Trinajstić information content (AvgIpc) is 2.04. The van der Waals surface area contributed by atoms with Gasteiger partial charge in [0.2, 0.25) is 0 Å². The zero-order valence-corrected chi connectivity index (χ0v) is 6.25. The molecular weight excluding hydrogens is 157 g/mol. The number of nitriles is 1. The summed E-state index contributed by atoms with van der Waals surface area (Å²) in [7, 11) is 0. The van der Waals surface area contributed by atoms with Gasteiger partial charge in [0.1, 0.15) is 12.1 Å². The highest BCUT2D eigenvalue weighted by Crippen LogP contribution is 2.07. The van der Waals surface area contributed by atoms with Crippen LogP contribution in [0.25, 0.3) is 0 Å². The molecule has 60 valence electrons. The van der Waals surface area contributed by atoms with Crippen LogP contribution in [0.1, 0.15) is 15.9 Å². The van der Waals surface area contributed by atoms with E-state index in [1.54, 1.807) is 0 Å². The van der Waals surface area contributed by atoms with Crippen molar-refractivity contribution in [2.75, 3.05) is 0 Å². The van der Waals surface area contributed by atoms with E-state index in [0.29, 0.717) is 11.8 Å². The predicted molar refractivity (Wildman–Crippen MR) is 41.1 cm³/mol. The van der Waals surface area contributed by atoms with Gasteiger partial charge in [-0.3, -0.25) is 4.79 Å². The van der Waals surface area contributed by atoms with E-state index >= 15 is 0 Å². The first-order chi connectivity index (χ1) is 5.76. The molecule has 2 nitrogen and oxygen atoms in total. The topological polar surface area (TPSA) is 40.9 Å². The van der Waals surface area contributed by atoms with Crippen molar-refractivity contribution in [3.63, 3.8) is 0 Å². The van der Waals surface area contributed by atoms with Crippen molar-refractivity contribution in [2.24, 2.45) is 0 Å². The Labute approximate surface area is 69.2 Å². The highest BCUT2D eigenvalue weighted by molar-refractivity contribution is 5.75. The zero-order chi connectivity index (χ0) is 8.97. The molecule has 1 rings (SSSR count). The second kappa shape index (κ2) is 3.63. The monoisotopic (exact) mass is 163 g/mol. The van der Waals surface area contributed by atoms with E-state index in [4.69, 9.17) is 5.26 Å². The molecule has 0 aliphatic heterocycles. The molecule has 0 unspecified atom stereocenters. The van der Waals surface area contributed by atoms with E-state index in [1.807, 2.05) is 6.07 Å². The molecule has 0 spiro atoms. The molecule has 0 aromatic heterocycles. The summed E-state index contributed by atoms with van der Waals surface area (Å²) < 4.78 is 12.7. The number of carbonyl (C=O) groups excluding carboxylic acids is 1. The van der Waals surface area contributed by atoms with Crippen LogP contribution in [0.5, 0.6) is 0 Å². The van der Waals surface area contributed by atoms with Crippen LogP contribution in [-0.4, -0.2) is 6.29 Å². The minimum Gasteiger partial charge on any atom is -0.298 e. The third-order valence-electron chi connectivity index (χ3n) is 1.40. The molecule has 0 heterocycles. The number of aldehydes is 1. The van der Waals surface area contributed by atoms with Crippen LogP contribution < -0.4 is 0 Å². The Balaban J connectivity index is 3.07. The zero-order valence-electron chi connectivity index (χ0n) is 6.25. The summed E-state index contributed by atoms with van der Waals surface area (Å²) in [5.41, 5.74) is 0.792. The van der Waals surface area contributed by atoms with E-state index in [2.05, 4.69) is 0 Å². The molecule has 0 amide bonds. The van der Waals surface area contributed by atoms with Gasteiger partial charge in [0.05, 0.1) is 12.5 Å². The van der Waals surface area contributed by atoms with Gasteiger partial charge in [-0.15, -0.1) is 0 Å². The lowest BCUT2D eigenvalue weighted by Crippen LogP contribution is -1.88. The normalized spacial score (nSPS) is 9.00. The highest BCUT2D eigenvalue weighted by atomic mass is 19.1. The second-order valence-electron chi connectivity index (χ2n) is 2.35. The third kappa shape index (κ3) is 1.89. The molecule has 12 heavy (non-hydrogen) atoms. The number of hydrogen-bond donors (Lipinski definition) is 0. The van der Waals surface area contributed by atoms with E-state index in [9.17, 15) is 9.18 Å². The summed E-state index contributed by atoms with van der Waals surface area (Å²) in [5.74, 6) is -0.482. The Morgan fingerprint density at radius 3 is 2.83 bits per heavy atom. The number of hydrogen-bond acceptors (Lipinski definition) is 2. The van der Waals surface area contributed by atoms with Gasteiger partial charge in [0.25, 0.3) is 0 Å². The van der Waals surface area contributed by atoms with Gasteiger partial charge in [-0.25, -0.2) is 4.39 Å². The maximum atomic E-state index is 12.7. The molecule has 0 saturated carbocycles. The minimum atomic E-state index is -0.482. The van der Waals surface area contributed by atoms with Gasteiger partial charge in [-0.05, 0) is 23.8 Å². The predicted octanol–water partition coefficient (Wildman–Crippen LogP) is 1.70. The fraction of sp³-hybridized carbons (Fsp3) is 0.111. The second-order valence-corrected chi connectivity index (χ2v) is 2.35. The molecule has 0 radical (unpaired) electrons. The van der Waals surface area contributed by atoms with Crippen molar-refractivity contribution in [1.82, 2.24) is 0 Å². The molecule has 0 bridgehead atoms. The van der Waals surface area contributed by atoms with Crippen molar-refractivity contribution in [3.8, 4) is 6.07 Å². The minimum absolute atomic E-state index is 0.124. The van der Waals surface area contributed by atoms with Crippen molar-refractivity contribution >= 4 is 6.29 Å². The van der Waals surface area contributed by atoms with E-state index in [1.165, 1.54) is 12.1 Å². The summed E-state index contributed by atoms with van der Waals surface area (Å²) in [4.78, 5) is 10.3. The number of rotatable bonds is 2. The molecule has 0 aliphatic rings. The van der Waals surface area contributed by atoms with Crippen LogP contribution in [-0.2, 0) is 6.42 Å². The molecule has 0 fully saturated rings. The first-order valence-corrected chi connectivity index (χ1v) is 3.38. The van der Waals surface area contributed by atoms with Crippen molar-refractivity contribution in [2.45, 2.75) is 6.42 Å². The molecule has 0 saturated heterocycles. The van der Waals surface area contributed by atoms with Gasteiger partial charge < -0.3 is 0 Å². The Bertz CT molecular complexity index is 341. The average molecular weight is 163 g/mol. The van der Waals surface area contributed by atoms with Crippen molar-refractivity contribution in [1.29, 1.82) is 5.26 Å². The maximum absolute atomic E-state index is 12.7. The lowest BCUT2D eigenvalue weighted by atomic mass is 10.1. The van der Waals surface area contributed by atoms with Crippen LogP contribution in [0.2, 0.25) is 0 Å². The van der Waals surface area contributed by atoms with Crippen molar-refractivity contribution in [3.05, 3.63) is 35.1 Å². The van der Waals surface area contributed by atoms with Gasteiger partial charge in [-0.2, -0.15) is 5.26 Å². The summed E-state index contributed by atoms with van der Waals surface area (Å²) in [6.45, 7) is 0. The van der Waals surface area contributed by atoms with E-state index in [0.717, 1.165) is 6.07 Å². The quantitative estimate of drug-likeness (QED) is 0.622. The summed E-state index contributed by atoms with van der Waals surface area (Å²) in [5, 5.41) is 8.31. The number of carbonyl (C=O) groups is 1. The largest absolute Gasteiger partial charge is 0.298 e. The SMILES string of the molecule is N#CCc1cc(F)cc(C=O)c1. The molecular formula is C9H6FNO.